The number of halogens is 4. The lowest BCUT2D eigenvalue weighted by Crippen LogP contribution is -2.54. The van der Waals surface area contributed by atoms with Gasteiger partial charge in [0, 0.05) is 0 Å². The Kier molecular flexibility index (Phi) is 8.16. The zero-order valence-corrected chi connectivity index (χ0v) is 22.3. The van der Waals surface area contributed by atoms with Crippen molar-refractivity contribution in [1.29, 1.82) is 0 Å². The number of nitrogens with one attached hydrogen (secondary N) is 1. The van der Waals surface area contributed by atoms with Crippen molar-refractivity contribution in [3.63, 3.8) is 0 Å². The quantitative estimate of drug-likeness (QED) is 0.243. The lowest BCUT2D eigenvalue weighted by atomic mass is 10.1. The fourth-order valence-electron chi connectivity index (χ4n) is 3.54. The van der Waals surface area contributed by atoms with Crippen molar-refractivity contribution in [2.24, 2.45) is 0 Å². The van der Waals surface area contributed by atoms with Crippen molar-refractivity contribution < 1.29 is 28.2 Å². The number of anilines is 1. The number of benzene rings is 3. The van der Waals surface area contributed by atoms with Gasteiger partial charge in [0.25, 0.3) is 11.8 Å². The van der Waals surface area contributed by atoms with Crippen LogP contribution in [0.2, 0.25) is 10.0 Å². The van der Waals surface area contributed by atoms with E-state index in [1.54, 1.807) is 31.2 Å². The summed E-state index contributed by atoms with van der Waals surface area (Å²) in [6.07, 6.45) is 1.33. The van der Waals surface area contributed by atoms with Gasteiger partial charge in [-0.1, -0.05) is 35.3 Å². The maximum absolute atomic E-state index is 13.5. The summed E-state index contributed by atoms with van der Waals surface area (Å²) in [7, 11) is 0. The Morgan fingerprint density at radius 3 is 2.51 bits per heavy atom. The number of hydrogen-bond donors (Lipinski definition) is 1. The Balaban J connectivity index is 1.67. The fraction of sp³-hybridized carbons (Fsp3) is 0.115. The van der Waals surface area contributed by atoms with Gasteiger partial charge in [0.2, 0.25) is 0 Å². The van der Waals surface area contributed by atoms with Crippen LogP contribution in [0.4, 0.5) is 14.9 Å². The molecule has 0 unspecified atom stereocenters. The third-order valence-electron chi connectivity index (χ3n) is 5.18. The number of barbiturate groups is 1. The highest BCUT2D eigenvalue weighted by atomic mass is 79.9. The van der Waals surface area contributed by atoms with E-state index in [0.29, 0.717) is 33.7 Å². The summed E-state index contributed by atoms with van der Waals surface area (Å²) in [5.41, 5.74) is 0.911. The summed E-state index contributed by atoms with van der Waals surface area (Å²) >= 11 is 15.4. The molecule has 1 fully saturated rings. The molecule has 1 aliphatic heterocycles. The highest BCUT2D eigenvalue weighted by Gasteiger charge is 2.37. The molecular weight excluding hydrogens is 590 g/mol. The van der Waals surface area contributed by atoms with Gasteiger partial charge in [0.15, 0.2) is 11.5 Å². The van der Waals surface area contributed by atoms with Crippen LogP contribution in [0.15, 0.2) is 64.6 Å². The van der Waals surface area contributed by atoms with E-state index >= 15 is 0 Å². The highest BCUT2D eigenvalue weighted by molar-refractivity contribution is 9.10. The van der Waals surface area contributed by atoms with Crippen molar-refractivity contribution in [2.45, 2.75) is 13.5 Å². The lowest BCUT2D eigenvalue weighted by molar-refractivity contribution is -0.122. The summed E-state index contributed by atoms with van der Waals surface area (Å²) in [5.74, 6) is -1.38. The van der Waals surface area contributed by atoms with Crippen LogP contribution in [0.3, 0.4) is 0 Å². The number of amides is 4. The van der Waals surface area contributed by atoms with E-state index in [1.165, 1.54) is 36.4 Å². The minimum Gasteiger partial charge on any atom is -0.490 e. The van der Waals surface area contributed by atoms with E-state index < -0.39 is 17.8 Å². The fourth-order valence-corrected chi connectivity index (χ4v) is 4.41. The lowest BCUT2D eigenvalue weighted by Gasteiger charge is -2.26. The van der Waals surface area contributed by atoms with Gasteiger partial charge in [-0.3, -0.25) is 14.9 Å². The molecule has 0 saturated carbocycles. The standard InChI is InChI=1S/C26H18BrCl2FN2O5/c1-2-36-22-11-15(10-19(27)23(22)37-13-14-4-3-5-16(30)8-14)9-18-24(33)31-26(35)32(25(18)34)17-6-7-20(28)21(29)12-17/h3-12H,2,13H2,1H3,(H,31,33,35)/b18-9+. The SMILES string of the molecule is CCOc1cc(/C=C2\C(=O)NC(=O)N(c3ccc(Cl)c(Cl)c3)C2=O)cc(Br)c1OCc1cccc(F)c1. The molecule has 0 radical (unpaired) electrons. The first-order valence-electron chi connectivity index (χ1n) is 10.9. The molecule has 1 saturated heterocycles. The Morgan fingerprint density at radius 1 is 1.03 bits per heavy atom. The summed E-state index contributed by atoms with van der Waals surface area (Å²) in [6.45, 7) is 2.18. The molecule has 11 heteroatoms. The summed E-state index contributed by atoms with van der Waals surface area (Å²) in [6, 6.07) is 12.5. The molecule has 37 heavy (non-hydrogen) atoms. The average Bonchev–Trinajstić information content (AvgIpc) is 2.83. The van der Waals surface area contributed by atoms with E-state index in [9.17, 15) is 18.8 Å². The Morgan fingerprint density at radius 2 is 1.81 bits per heavy atom. The molecule has 190 valence electrons. The molecule has 4 amide bonds. The highest BCUT2D eigenvalue weighted by Crippen LogP contribution is 2.38. The normalized spacial score (nSPS) is 14.7. The number of imide groups is 2. The van der Waals surface area contributed by atoms with Crippen molar-refractivity contribution in [3.8, 4) is 11.5 Å². The first-order chi connectivity index (χ1) is 17.7. The topological polar surface area (TPSA) is 84.9 Å². The van der Waals surface area contributed by atoms with Crippen LogP contribution in [-0.4, -0.2) is 24.5 Å². The smallest absolute Gasteiger partial charge is 0.335 e. The monoisotopic (exact) mass is 606 g/mol. The molecule has 3 aromatic carbocycles. The van der Waals surface area contributed by atoms with Gasteiger partial charge in [-0.2, -0.15) is 0 Å². The predicted octanol–water partition coefficient (Wildman–Crippen LogP) is 6.54. The van der Waals surface area contributed by atoms with E-state index in [0.717, 1.165) is 4.90 Å². The first-order valence-corrected chi connectivity index (χ1v) is 12.4. The molecule has 1 aliphatic rings. The van der Waals surface area contributed by atoms with Crippen molar-refractivity contribution >= 4 is 68.7 Å². The second kappa shape index (κ2) is 11.3. The van der Waals surface area contributed by atoms with Crippen molar-refractivity contribution in [2.75, 3.05) is 11.5 Å². The molecule has 0 aliphatic carbocycles. The molecule has 1 heterocycles. The van der Waals surface area contributed by atoms with Gasteiger partial charge in [0.05, 0.1) is 26.8 Å². The van der Waals surface area contributed by atoms with Crippen molar-refractivity contribution in [1.82, 2.24) is 5.32 Å². The number of carbonyl (C=O) groups is 3. The summed E-state index contributed by atoms with van der Waals surface area (Å²) in [4.78, 5) is 39.0. The van der Waals surface area contributed by atoms with E-state index in [-0.39, 0.29) is 33.7 Å². The maximum Gasteiger partial charge on any atom is 0.335 e. The second-order valence-corrected chi connectivity index (χ2v) is 9.41. The average molecular weight is 608 g/mol. The Hall–Kier alpha value is -3.40. The molecule has 0 spiro atoms. The van der Waals surface area contributed by atoms with Crippen LogP contribution in [0.25, 0.3) is 6.08 Å². The summed E-state index contributed by atoms with van der Waals surface area (Å²) < 4.78 is 25.6. The third-order valence-corrected chi connectivity index (χ3v) is 6.51. The number of urea groups is 1. The molecule has 0 bridgehead atoms. The van der Waals surface area contributed by atoms with Crippen LogP contribution in [0, 0.1) is 5.82 Å². The van der Waals surface area contributed by atoms with E-state index in [4.69, 9.17) is 32.7 Å². The van der Waals surface area contributed by atoms with Gasteiger partial charge in [0.1, 0.15) is 18.0 Å². The first kappa shape index (κ1) is 26.7. The number of carbonyl (C=O) groups excluding carboxylic acids is 3. The molecule has 4 rings (SSSR count). The Bertz CT molecular complexity index is 1450. The minimum atomic E-state index is -0.914. The predicted molar refractivity (Wildman–Crippen MR) is 142 cm³/mol. The van der Waals surface area contributed by atoms with Crippen LogP contribution < -0.4 is 19.7 Å². The third kappa shape index (κ3) is 5.95. The number of hydrogen-bond acceptors (Lipinski definition) is 5. The van der Waals surface area contributed by atoms with Gasteiger partial charge in [-0.25, -0.2) is 14.1 Å². The Labute approximate surface area is 229 Å². The molecule has 7 nitrogen and oxygen atoms in total. The number of rotatable bonds is 7. The molecule has 0 atom stereocenters. The van der Waals surface area contributed by atoms with Crippen LogP contribution in [0.5, 0.6) is 11.5 Å². The maximum atomic E-state index is 13.5. The van der Waals surface area contributed by atoms with E-state index in [1.807, 2.05) is 0 Å². The van der Waals surface area contributed by atoms with Gasteiger partial charge in [-0.15, -0.1) is 0 Å². The molecular formula is C26H18BrCl2FN2O5. The van der Waals surface area contributed by atoms with Crippen LogP contribution in [0.1, 0.15) is 18.1 Å². The minimum absolute atomic E-state index is 0.0818. The molecule has 1 N–H and O–H groups in total. The number of ether oxygens (including phenoxy) is 2. The van der Waals surface area contributed by atoms with E-state index in [2.05, 4.69) is 21.2 Å². The van der Waals surface area contributed by atoms with Gasteiger partial charge >= 0.3 is 6.03 Å². The molecule has 3 aromatic rings. The second-order valence-electron chi connectivity index (χ2n) is 7.74. The van der Waals surface area contributed by atoms with Gasteiger partial charge < -0.3 is 9.47 Å². The van der Waals surface area contributed by atoms with Crippen molar-refractivity contribution in [3.05, 3.63) is 91.6 Å². The largest absolute Gasteiger partial charge is 0.490 e. The zero-order chi connectivity index (χ0) is 26.7. The summed E-state index contributed by atoms with van der Waals surface area (Å²) in [5, 5.41) is 2.54. The number of nitrogens with zero attached hydrogens (tertiary/aromatic N) is 1. The van der Waals surface area contributed by atoms with Crippen LogP contribution in [-0.2, 0) is 16.2 Å². The van der Waals surface area contributed by atoms with Crippen LogP contribution >= 0.6 is 39.1 Å². The zero-order valence-electron chi connectivity index (χ0n) is 19.2. The van der Waals surface area contributed by atoms with Gasteiger partial charge in [-0.05, 0) is 82.5 Å². The molecule has 0 aromatic heterocycles.